The summed E-state index contributed by atoms with van der Waals surface area (Å²) in [6.45, 7) is 0. The van der Waals surface area contributed by atoms with Gasteiger partial charge in [-0.05, 0) is 0 Å². The molecule has 0 heterocycles. The van der Waals surface area contributed by atoms with E-state index in [2.05, 4.69) is 5.73 Å². The average molecular weight is 126 g/mol. The van der Waals surface area contributed by atoms with Crippen LogP contribution < -0.4 is 5.73 Å². The van der Waals surface area contributed by atoms with Crippen LogP contribution in [0.3, 0.4) is 0 Å². The molecule has 0 aromatic heterocycles. The van der Waals surface area contributed by atoms with Crippen molar-refractivity contribution in [1.29, 1.82) is 5.26 Å². The minimum absolute atomic E-state index is 0. The molecule has 4 heteroatoms. The molecule has 0 spiro atoms. The number of nitrogens with two attached hydrogens (primary N) is 1. The van der Waals surface area contributed by atoms with Crippen molar-refractivity contribution in [2.75, 3.05) is 0 Å². The Bertz CT molecular complexity index is 29.1. The SMILES string of the molecule is N#CN.[CaH2].[CaH2]. The zero-order valence-electron chi connectivity index (χ0n) is 1.52. The van der Waals surface area contributed by atoms with E-state index in [0.717, 1.165) is 0 Å². The van der Waals surface area contributed by atoms with Crippen molar-refractivity contribution in [3.63, 3.8) is 0 Å². The Morgan fingerprint density at radius 1 is 1.40 bits per heavy atom. The van der Waals surface area contributed by atoms with E-state index in [-0.39, 0.29) is 75.5 Å². The van der Waals surface area contributed by atoms with Crippen LogP contribution >= 0.6 is 0 Å². The zero-order valence-corrected chi connectivity index (χ0v) is 1.52. The van der Waals surface area contributed by atoms with Gasteiger partial charge in [0, 0.05) is 0 Å². The second kappa shape index (κ2) is 17.0. The van der Waals surface area contributed by atoms with Crippen LogP contribution in [-0.2, 0) is 0 Å². The Labute approximate surface area is 90.7 Å². The van der Waals surface area contributed by atoms with E-state index in [1.807, 2.05) is 0 Å². The van der Waals surface area contributed by atoms with Crippen LogP contribution in [0.25, 0.3) is 0 Å². The van der Waals surface area contributed by atoms with E-state index in [1.54, 1.807) is 0 Å². The molecule has 2 nitrogen and oxygen atoms in total. The summed E-state index contributed by atoms with van der Waals surface area (Å²) in [5.74, 6) is 0. The van der Waals surface area contributed by atoms with E-state index in [4.69, 9.17) is 5.26 Å². The van der Waals surface area contributed by atoms with Crippen molar-refractivity contribution in [3.05, 3.63) is 0 Å². The zero-order chi connectivity index (χ0) is 2.71. The molecule has 5 heavy (non-hydrogen) atoms. The van der Waals surface area contributed by atoms with Gasteiger partial charge in [0.15, 0.2) is 6.19 Å². The topological polar surface area (TPSA) is 49.8 Å². The molecule has 0 aliphatic heterocycles. The fraction of sp³-hybridized carbons (Fsp3) is 0. The van der Waals surface area contributed by atoms with Crippen LogP contribution in [0.2, 0.25) is 0 Å². The van der Waals surface area contributed by atoms with Crippen LogP contribution in [0.5, 0.6) is 0 Å². The van der Waals surface area contributed by atoms with Gasteiger partial charge < -0.3 is 5.73 Å². The van der Waals surface area contributed by atoms with Gasteiger partial charge in [0.05, 0.1) is 0 Å². The number of hydrogen-bond acceptors (Lipinski definition) is 2. The maximum atomic E-state index is 7.10. The van der Waals surface area contributed by atoms with E-state index >= 15 is 0 Å². The van der Waals surface area contributed by atoms with Gasteiger partial charge >= 0.3 is 75.5 Å². The quantitative estimate of drug-likeness (QED) is 0.223. The van der Waals surface area contributed by atoms with Crippen molar-refractivity contribution in [3.8, 4) is 6.19 Å². The molecule has 0 unspecified atom stereocenters. The molecule has 24 valence electrons. The summed E-state index contributed by atoms with van der Waals surface area (Å²) < 4.78 is 0. The van der Waals surface area contributed by atoms with Gasteiger partial charge in [-0.25, -0.2) is 0 Å². The van der Waals surface area contributed by atoms with Crippen LogP contribution in [0, 0.1) is 11.5 Å². The molecule has 2 N–H and O–H groups in total. The summed E-state index contributed by atoms with van der Waals surface area (Å²) in [6, 6.07) is 0. The molecule has 0 radical (unpaired) electrons. The molecule has 0 aliphatic rings. The van der Waals surface area contributed by atoms with Crippen LogP contribution in [0.4, 0.5) is 0 Å². The summed E-state index contributed by atoms with van der Waals surface area (Å²) in [7, 11) is 0. The molecular formula is CH6Ca2N2. The van der Waals surface area contributed by atoms with Crippen molar-refractivity contribution in [1.82, 2.24) is 0 Å². The first kappa shape index (κ1) is 15.8. The molecule has 0 amide bonds. The van der Waals surface area contributed by atoms with Gasteiger partial charge in [-0.15, -0.1) is 0 Å². The van der Waals surface area contributed by atoms with Gasteiger partial charge in [0.1, 0.15) is 0 Å². The second-order valence-electron chi connectivity index (χ2n) is 0.129. The van der Waals surface area contributed by atoms with E-state index < -0.39 is 0 Å². The van der Waals surface area contributed by atoms with Gasteiger partial charge in [-0.3, -0.25) is 0 Å². The summed E-state index contributed by atoms with van der Waals surface area (Å²) in [6.07, 6.45) is 1.25. The summed E-state index contributed by atoms with van der Waals surface area (Å²) in [5.41, 5.74) is 4.15. The minimum atomic E-state index is 0. The first-order valence-electron chi connectivity index (χ1n) is 0.512. The maximum absolute atomic E-state index is 7.10. The predicted octanol–water partition coefficient (Wildman–Crippen LogP) is -2.41. The Balaban J connectivity index is -0.0000000200. The number of nitrogens with zero attached hydrogens (tertiary/aromatic N) is 1. The third-order valence-corrected chi connectivity index (χ3v) is 0. The Hall–Kier alpha value is 1.81. The predicted molar refractivity (Wildman–Crippen MR) is 26.9 cm³/mol. The third-order valence-electron chi connectivity index (χ3n) is 0. The second-order valence-corrected chi connectivity index (χ2v) is 0.129. The van der Waals surface area contributed by atoms with Gasteiger partial charge in [0.2, 0.25) is 0 Å². The van der Waals surface area contributed by atoms with Gasteiger partial charge in [-0.2, -0.15) is 5.26 Å². The van der Waals surface area contributed by atoms with Crippen molar-refractivity contribution in [2.45, 2.75) is 0 Å². The number of nitriles is 1. The molecule has 0 saturated heterocycles. The molecule has 0 rings (SSSR count). The average Bonchev–Trinajstić information content (AvgIpc) is 0.918. The number of rotatable bonds is 0. The molecule has 0 fully saturated rings. The molecule has 0 bridgehead atoms. The van der Waals surface area contributed by atoms with Crippen molar-refractivity contribution in [2.24, 2.45) is 5.73 Å². The Morgan fingerprint density at radius 3 is 1.40 bits per heavy atom. The normalized spacial score (nSPS) is 1.40. The standard InChI is InChI=1S/CH2N2.2Ca.4H/c2-1-3;;;;;;/h2H2;;;;;;. The van der Waals surface area contributed by atoms with Crippen LogP contribution in [0.1, 0.15) is 0 Å². The summed E-state index contributed by atoms with van der Waals surface area (Å²) >= 11 is 0. The fourth-order valence-electron chi connectivity index (χ4n) is 0. The first-order valence-corrected chi connectivity index (χ1v) is 0.512. The van der Waals surface area contributed by atoms with E-state index in [1.165, 1.54) is 6.19 Å². The van der Waals surface area contributed by atoms with E-state index in [9.17, 15) is 0 Å². The van der Waals surface area contributed by atoms with E-state index in [0.29, 0.717) is 0 Å². The third kappa shape index (κ3) is 25.7. The van der Waals surface area contributed by atoms with Crippen molar-refractivity contribution < 1.29 is 0 Å². The van der Waals surface area contributed by atoms with Crippen LogP contribution in [-0.4, -0.2) is 75.5 Å². The molecule has 0 aliphatic carbocycles. The first-order chi connectivity index (χ1) is 1.41. The summed E-state index contributed by atoms with van der Waals surface area (Å²) in [4.78, 5) is 0. The molecule has 0 aromatic carbocycles. The molecule has 0 saturated carbocycles. The number of hydrogen-bond donors (Lipinski definition) is 1. The Kier molecular flexibility index (Phi) is 53.9. The van der Waals surface area contributed by atoms with Crippen molar-refractivity contribution >= 4 is 75.5 Å². The van der Waals surface area contributed by atoms with Crippen LogP contribution in [0.15, 0.2) is 0 Å². The fourth-order valence-corrected chi connectivity index (χ4v) is 0. The summed E-state index contributed by atoms with van der Waals surface area (Å²) in [5, 5.41) is 7.10. The molecule has 0 aromatic rings. The monoisotopic (exact) mass is 126 g/mol. The molecule has 0 atom stereocenters. The Morgan fingerprint density at radius 2 is 1.40 bits per heavy atom. The van der Waals surface area contributed by atoms with Gasteiger partial charge in [0.25, 0.3) is 0 Å². The molecular weight excluding hydrogens is 120 g/mol. The van der Waals surface area contributed by atoms with Gasteiger partial charge in [-0.1, -0.05) is 0 Å².